The van der Waals surface area contributed by atoms with Gasteiger partial charge in [0.05, 0.1) is 12.0 Å². The van der Waals surface area contributed by atoms with Crippen LogP contribution in [0.1, 0.15) is 89.0 Å². The Kier molecular flexibility index (Phi) is 11.0. The Morgan fingerprint density at radius 3 is 1.89 bits per heavy atom. The van der Waals surface area contributed by atoms with Gasteiger partial charge in [-0.2, -0.15) is 0 Å². The summed E-state index contributed by atoms with van der Waals surface area (Å²) in [6.45, 7) is 22.0. The van der Waals surface area contributed by atoms with Crippen LogP contribution < -0.4 is 0 Å². The van der Waals surface area contributed by atoms with E-state index in [4.69, 9.17) is 4.74 Å². The Labute approximate surface area is 173 Å². The molecule has 0 aromatic carbocycles. The molecule has 6 atom stereocenters. The Hall–Kier alpha value is -0.870. The van der Waals surface area contributed by atoms with Gasteiger partial charge in [-0.1, -0.05) is 61.8 Å². The zero-order chi connectivity index (χ0) is 22.4. The molecule has 0 bridgehead atoms. The lowest BCUT2D eigenvalue weighted by molar-refractivity contribution is -0.153. The van der Waals surface area contributed by atoms with Crippen LogP contribution in [0.5, 0.6) is 0 Å². The van der Waals surface area contributed by atoms with E-state index in [-0.39, 0.29) is 23.7 Å². The molecule has 4 heteroatoms. The smallest absolute Gasteiger partial charge is 0.309 e. The van der Waals surface area contributed by atoms with Crippen LogP contribution in [0.4, 0.5) is 0 Å². The molecule has 2 N–H and O–H groups in total. The van der Waals surface area contributed by atoms with Crippen LogP contribution in [0.3, 0.4) is 0 Å². The van der Waals surface area contributed by atoms with Crippen molar-refractivity contribution in [1.29, 1.82) is 0 Å². The maximum absolute atomic E-state index is 12.5. The zero-order valence-electron chi connectivity index (χ0n) is 20.2. The highest BCUT2D eigenvalue weighted by atomic mass is 16.5. The molecule has 0 fully saturated rings. The summed E-state index contributed by atoms with van der Waals surface area (Å²) >= 11 is 0. The molecule has 0 aliphatic heterocycles. The molecule has 0 radical (unpaired) electrons. The number of aliphatic hydroxyl groups is 2. The quantitative estimate of drug-likeness (QED) is 0.363. The van der Waals surface area contributed by atoms with E-state index in [0.717, 1.165) is 18.4 Å². The van der Waals surface area contributed by atoms with Crippen molar-refractivity contribution < 1.29 is 19.7 Å². The normalized spacial score (nSPS) is 20.1. The van der Waals surface area contributed by atoms with Gasteiger partial charge in [-0.05, 0) is 61.5 Å². The summed E-state index contributed by atoms with van der Waals surface area (Å²) in [7, 11) is 0. The fourth-order valence-corrected chi connectivity index (χ4v) is 3.57. The van der Waals surface area contributed by atoms with Crippen molar-refractivity contribution in [3.05, 3.63) is 11.1 Å². The Bertz CT molecular complexity index is 521. The minimum atomic E-state index is -0.984. The SMILES string of the molecule is CC[C@H](C)C(C)(C)[C@@H](O)[C@@H](O)/C(C)=C(\C)[C@H](C)OC(=O)C(C)[C@@H](C)CC(C)C. The highest BCUT2D eigenvalue weighted by Gasteiger charge is 2.38. The molecular formula is C24H46O4. The van der Waals surface area contributed by atoms with Crippen LogP contribution in [-0.4, -0.2) is 34.5 Å². The second kappa shape index (κ2) is 11.3. The number of hydrogen-bond donors (Lipinski definition) is 2. The average molecular weight is 399 g/mol. The first-order chi connectivity index (χ1) is 12.7. The molecule has 0 heterocycles. The molecule has 1 unspecified atom stereocenters. The largest absolute Gasteiger partial charge is 0.458 e. The van der Waals surface area contributed by atoms with Crippen molar-refractivity contribution in [1.82, 2.24) is 0 Å². The van der Waals surface area contributed by atoms with E-state index in [0.29, 0.717) is 11.5 Å². The van der Waals surface area contributed by atoms with Gasteiger partial charge >= 0.3 is 5.97 Å². The topological polar surface area (TPSA) is 66.8 Å². The Morgan fingerprint density at radius 2 is 1.46 bits per heavy atom. The van der Waals surface area contributed by atoms with E-state index >= 15 is 0 Å². The van der Waals surface area contributed by atoms with E-state index in [1.165, 1.54) is 0 Å². The number of carbonyl (C=O) groups excluding carboxylic acids is 1. The Morgan fingerprint density at radius 1 is 0.964 bits per heavy atom. The van der Waals surface area contributed by atoms with Gasteiger partial charge in [0.2, 0.25) is 0 Å². The van der Waals surface area contributed by atoms with E-state index in [1.807, 2.05) is 41.5 Å². The molecule has 28 heavy (non-hydrogen) atoms. The average Bonchev–Trinajstić information content (AvgIpc) is 2.62. The van der Waals surface area contributed by atoms with Gasteiger partial charge in [0.15, 0.2) is 0 Å². The van der Waals surface area contributed by atoms with E-state index < -0.39 is 23.7 Å². The molecule has 0 amide bonds. The first-order valence-electron chi connectivity index (χ1n) is 10.9. The molecule has 0 aromatic rings. The van der Waals surface area contributed by atoms with Crippen molar-refractivity contribution in [2.45, 2.75) is 107 Å². The molecule has 0 rings (SSSR count). The molecule has 0 saturated heterocycles. The highest BCUT2D eigenvalue weighted by Crippen LogP contribution is 2.36. The van der Waals surface area contributed by atoms with Crippen LogP contribution in [-0.2, 0) is 9.53 Å². The fourth-order valence-electron chi connectivity index (χ4n) is 3.57. The zero-order valence-corrected chi connectivity index (χ0v) is 20.2. The highest BCUT2D eigenvalue weighted by molar-refractivity contribution is 5.72. The predicted octanol–water partition coefficient (Wildman–Crippen LogP) is 5.37. The predicted molar refractivity (Wildman–Crippen MR) is 117 cm³/mol. The van der Waals surface area contributed by atoms with Crippen LogP contribution in [0.25, 0.3) is 0 Å². The summed E-state index contributed by atoms with van der Waals surface area (Å²) in [5.41, 5.74) is 1.05. The second-order valence-electron chi connectivity index (χ2n) is 9.86. The number of carbonyl (C=O) groups is 1. The summed E-state index contributed by atoms with van der Waals surface area (Å²) in [5.74, 6) is 0.690. The molecule has 0 aromatic heterocycles. The van der Waals surface area contributed by atoms with Crippen molar-refractivity contribution in [3.8, 4) is 0 Å². The van der Waals surface area contributed by atoms with Gasteiger partial charge in [-0.25, -0.2) is 0 Å². The monoisotopic (exact) mass is 398 g/mol. The van der Waals surface area contributed by atoms with Crippen molar-refractivity contribution in [2.75, 3.05) is 0 Å². The number of esters is 1. The lowest BCUT2D eigenvalue weighted by Gasteiger charge is -2.39. The van der Waals surface area contributed by atoms with Crippen LogP contribution in [0.15, 0.2) is 11.1 Å². The lowest BCUT2D eigenvalue weighted by Crippen LogP contribution is -2.44. The van der Waals surface area contributed by atoms with Crippen LogP contribution in [0, 0.1) is 29.1 Å². The third kappa shape index (κ3) is 7.18. The van der Waals surface area contributed by atoms with Crippen molar-refractivity contribution >= 4 is 5.97 Å². The number of rotatable bonds is 11. The fraction of sp³-hybridized carbons (Fsp3) is 0.875. The van der Waals surface area contributed by atoms with Crippen LogP contribution in [0.2, 0.25) is 0 Å². The van der Waals surface area contributed by atoms with Gasteiger partial charge in [-0.15, -0.1) is 0 Å². The molecule has 0 aliphatic rings. The minimum Gasteiger partial charge on any atom is -0.458 e. The molecule has 166 valence electrons. The molecule has 4 nitrogen and oxygen atoms in total. The van der Waals surface area contributed by atoms with Gasteiger partial charge in [0.1, 0.15) is 12.2 Å². The van der Waals surface area contributed by atoms with Crippen molar-refractivity contribution in [3.63, 3.8) is 0 Å². The number of ether oxygens (including phenoxy) is 1. The summed E-state index contributed by atoms with van der Waals surface area (Å²) in [4.78, 5) is 12.5. The summed E-state index contributed by atoms with van der Waals surface area (Å²) in [6.07, 6.45) is -0.393. The van der Waals surface area contributed by atoms with E-state index in [1.54, 1.807) is 0 Å². The summed E-state index contributed by atoms with van der Waals surface area (Å²) in [5, 5.41) is 21.6. The molecule has 0 saturated carbocycles. The second-order valence-corrected chi connectivity index (χ2v) is 9.86. The summed E-state index contributed by atoms with van der Waals surface area (Å²) in [6, 6.07) is 0. The Balaban J connectivity index is 5.23. The first-order valence-corrected chi connectivity index (χ1v) is 10.9. The molecule has 0 aliphatic carbocycles. The third-order valence-electron chi connectivity index (χ3n) is 6.98. The maximum atomic E-state index is 12.5. The first kappa shape index (κ1) is 27.1. The van der Waals surface area contributed by atoms with Gasteiger partial charge in [0.25, 0.3) is 0 Å². The van der Waals surface area contributed by atoms with Crippen molar-refractivity contribution in [2.24, 2.45) is 29.1 Å². The summed E-state index contributed by atoms with van der Waals surface area (Å²) < 4.78 is 5.69. The van der Waals surface area contributed by atoms with Gasteiger partial charge < -0.3 is 14.9 Å². The number of hydrogen-bond acceptors (Lipinski definition) is 4. The molecule has 0 spiro atoms. The lowest BCUT2D eigenvalue weighted by atomic mass is 9.71. The van der Waals surface area contributed by atoms with E-state index in [2.05, 4.69) is 34.6 Å². The third-order valence-corrected chi connectivity index (χ3v) is 6.98. The molecular weight excluding hydrogens is 352 g/mol. The maximum Gasteiger partial charge on any atom is 0.309 e. The minimum absolute atomic E-state index is 0.169. The van der Waals surface area contributed by atoms with E-state index in [9.17, 15) is 15.0 Å². The standard InChI is InChI=1S/C24H46O4/c1-12-16(5)24(10,11)22(26)21(25)19(8)18(7)20(9)28-23(27)17(6)15(4)13-14(2)3/h14-17,20-22,25-26H,12-13H2,1-11H3/b19-18+/t15-,16-,17?,20-,21-,22-/m0/s1. The number of aliphatic hydroxyl groups excluding tert-OH is 2. The van der Waals surface area contributed by atoms with Gasteiger partial charge in [-0.3, -0.25) is 4.79 Å². The van der Waals surface area contributed by atoms with Gasteiger partial charge in [0, 0.05) is 0 Å². The van der Waals surface area contributed by atoms with Crippen LogP contribution >= 0.6 is 0 Å².